The predicted octanol–water partition coefficient (Wildman–Crippen LogP) is -7.08. The summed E-state index contributed by atoms with van der Waals surface area (Å²) >= 11 is 0. The predicted molar refractivity (Wildman–Crippen MR) is 33.0 cm³/mol. The molecular formula is C3H8CaCl2MgO3. The monoisotopic (exact) mass is 226 g/mol. The third-order valence-electron chi connectivity index (χ3n) is 0.357. The minimum absolute atomic E-state index is 0. The molecule has 0 aliphatic carbocycles. The van der Waals surface area contributed by atoms with E-state index in [4.69, 9.17) is 10.2 Å². The fraction of sp³-hybridized carbons (Fsp3) is 0.667. The third-order valence-corrected chi connectivity index (χ3v) is 0.357. The molecular weight excluding hydrogens is 219 g/mol. The molecule has 0 saturated carbocycles. The molecule has 0 aromatic carbocycles. The number of hydrogen-bond donors (Lipinski definition) is 2. The fourth-order valence-electron chi connectivity index (χ4n) is 0. The van der Waals surface area contributed by atoms with Gasteiger partial charge in [-0.15, -0.1) is 0 Å². The molecule has 0 radical (unpaired) electrons. The van der Waals surface area contributed by atoms with E-state index in [1.807, 2.05) is 0 Å². The van der Waals surface area contributed by atoms with Gasteiger partial charge < -0.3 is 37.9 Å². The Morgan fingerprint density at radius 1 is 1.50 bits per heavy atom. The molecule has 1 atom stereocenters. The Hall–Kier alpha value is 2.04. The Labute approximate surface area is 121 Å². The summed E-state index contributed by atoms with van der Waals surface area (Å²) in [6.45, 7) is 1.20. The van der Waals surface area contributed by atoms with Gasteiger partial charge in [-0.2, -0.15) is 0 Å². The summed E-state index contributed by atoms with van der Waals surface area (Å²) < 4.78 is 0. The van der Waals surface area contributed by atoms with Crippen molar-refractivity contribution in [3.63, 3.8) is 0 Å². The molecule has 10 heavy (non-hydrogen) atoms. The zero-order valence-electron chi connectivity index (χ0n) is 7.55. The largest absolute Gasteiger partial charge is 2.00 e. The first-order valence-corrected chi connectivity index (χ1v) is 1.55. The molecule has 0 saturated heterocycles. The van der Waals surface area contributed by atoms with Crippen LogP contribution in [0.4, 0.5) is 0 Å². The first-order chi connectivity index (χ1) is 2.64. The van der Waals surface area contributed by atoms with E-state index < -0.39 is 12.1 Å². The first-order valence-electron chi connectivity index (χ1n) is 1.55. The van der Waals surface area contributed by atoms with E-state index in [0.717, 1.165) is 0 Å². The van der Waals surface area contributed by atoms with Crippen molar-refractivity contribution in [2.75, 3.05) is 0 Å². The average Bonchev–Trinajstić information content (AvgIpc) is 1.36. The summed E-state index contributed by atoms with van der Waals surface area (Å²) in [5.41, 5.74) is 0. The quantitative estimate of drug-likeness (QED) is 0.438. The van der Waals surface area contributed by atoms with Crippen LogP contribution in [0.1, 0.15) is 9.78 Å². The van der Waals surface area contributed by atoms with Gasteiger partial charge in [0.1, 0.15) is 6.10 Å². The molecule has 0 aromatic rings. The zero-order chi connectivity index (χ0) is 5.15. The normalized spacial score (nSPS) is 8.20. The molecule has 0 aliphatic rings. The van der Waals surface area contributed by atoms with Gasteiger partial charge in [-0.05, 0) is 6.92 Å². The van der Waals surface area contributed by atoms with Crippen molar-refractivity contribution in [1.29, 1.82) is 0 Å². The molecule has 0 fully saturated rings. The van der Waals surface area contributed by atoms with Gasteiger partial charge in [-0.3, -0.25) is 0 Å². The van der Waals surface area contributed by atoms with Crippen molar-refractivity contribution in [1.82, 2.24) is 0 Å². The Morgan fingerprint density at radius 3 is 1.60 bits per heavy atom. The summed E-state index contributed by atoms with van der Waals surface area (Å²) in [6.07, 6.45) is -1.23. The SMILES string of the molecule is CC(O)C(=O)O.[Ca+2].[Cl-].[Cl-].[H-].[H-].[Mg+2]. The number of aliphatic hydroxyl groups excluding tert-OH is 1. The van der Waals surface area contributed by atoms with Crippen molar-refractivity contribution in [3.8, 4) is 0 Å². The maximum absolute atomic E-state index is 9.45. The smallest absolute Gasteiger partial charge is 1.00 e. The van der Waals surface area contributed by atoms with Gasteiger partial charge in [0.2, 0.25) is 0 Å². The van der Waals surface area contributed by atoms with Crippen LogP contribution < -0.4 is 24.8 Å². The van der Waals surface area contributed by atoms with Gasteiger partial charge in [-0.1, -0.05) is 0 Å². The number of carboxylic acid groups (broad SMARTS) is 1. The van der Waals surface area contributed by atoms with Crippen LogP contribution in [-0.4, -0.2) is 83.1 Å². The van der Waals surface area contributed by atoms with E-state index >= 15 is 0 Å². The summed E-state index contributed by atoms with van der Waals surface area (Å²) in [5, 5.41) is 15.8. The number of halogens is 2. The van der Waals surface area contributed by atoms with Crippen LogP contribution in [0.25, 0.3) is 0 Å². The number of aliphatic hydroxyl groups is 1. The molecule has 0 heterocycles. The molecule has 56 valence electrons. The summed E-state index contributed by atoms with van der Waals surface area (Å²) in [7, 11) is 0. The first kappa shape index (κ1) is 29.6. The molecule has 0 bridgehead atoms. The number of carbonyl (C=O) groups is 1. The van der Waals surface area contributed by atoms with Gasteiger partial charge in [0.25, 0.3) is 0 Å². The molecule has 0 aromatic heterocycles. The average molecular weight is 227 g/mol. The van der Waals surface area contributed by atoms with Crippen LogP contribution in [-0.2, 0) is 4.79 Å². The topological polar surface area (TPSA) is 57.5 Å². The molecule has 3 nitrogen and oxygen atoms in total. The summed E-state index contributed by atoms with van der Waals surface area (Å²) in [4.78, 5) is 9.45. The minimum atomic E-state index is -1.23. The molecule has 0 rings (SSSR count). The van der Waals surface area contributed by atoms with Gasteiger partial charge in [-0.25, -0.2) is 4.79 Å². The van der Waals surface area contributed by atoms with Gasteiger partial charge in [0.05, 0.1) is 0 Å². The van der Waals surface area contributed by atoms with Gasteiger partial charge in [0, 0.05) is 0 Å². The van der Waals surface area contributed by atoms with E-state index in [0.29, 0.717) is 0 Å². The Kier molecular flexibility index (Phi) is 51.0. The van der Waals surface area contributed by atoms with Crippen molar-refractivity contribution < 1.29 is 42.7 Å². The standard InChI is InChI=1S/C3H6O3.Ca.2ClH.Mg.2H/c1-2(4)3(5)6;;;;;;/h2,4H,1H3,(H,5,6);;2*1H;;;/q;+2;;;+2;2*-1/p-2. The molecule has 0 amide bonds. The number of rotatable bonds is 1. The van der Waals surface area contributed by atoms with Crippen molar-refractivity contribution in [3.05, 3.63) is 0 Å². The van der Waals surface area contributed by atoms with Crippen LogP contribution in [0.2, 0.25) is 0 Å². The number of aliphatic carboxylic acids is 1. The van der Waals surface area contributed by atoms with E-state index in [2.05, 4.69) is 0 Å². The van der Waals surface area contributed by atoms with Crippen molar-refractivity contribution >= 4 is 66.8 Å². The van der Waals surface area contributed by atoms with E-state index in [9.17, 15) is 4.79 Å². The molecule has 0 aliphatic heterocycles. The van der Waals surface area contributed by atoms with Crippen LogP contribution in [0.5, 0.6) is 0 Å². The second kappa shape index (κ2) is 17.2. The molecule has 7 heteroatoms. The Balaban J connectivity index is -0.00000000833. The minimum Gasteiger partial charge on any atom is -1.00 e. The zero-order valence-corrected chi connectivity index (χ0v) is 10.7. The van der Waals surface area contributed by atoms with Crippen LogP contribution in [0, 0.1) is 0 Å². The second-order valence-electron chi connectivity index (χ2n) is 1.01. The maximum Gasteiger partial charge on any atom is 2.00 e. The van der Waals surface area contributed by atoms with Crippen molar-refractivity contribution in [2.45, 2.75) is 13.0 Å². The van der Waals surface area contributed by atoms with Gasteiger partial charge in [0.15, 0.2) is 0 Å². The van der Waals surface area contributed by atoms with E-state index in [1.165, 1.54) is 6.92 Å². The molecule has 0 spiro atoms. The number of hydrogen-bond acceptors (Lipinski definition) is 2. The van der Waals surface area contributed by atoms with Crippen LogP contribution in [0.15, 0.2) is 0 Å². The Bertz CT molecular complexity index is 80.6. The Morgan fingerprint density at radius 2 is 1.60 bits per heavy atom. The third kappa shape index (κ3) is 22.5. The summed E-state index contributed by atoms with van der Waals surface area (Å²) in [6, 6.07) is 0. The van der Waals surface area contributed by atoms with Gasteiger partial charge >= 0.3 is 66.8 Å². The fourth-order valence-corrected chi connectivity index (χ4v) is 0. The second-order valence-corrected chi connectivity index (χ2v) is 1.01. The van der Waals surface area contributed by atoms with E-state index in [-0.39, 0.29) is 88.5 Å². The van der Waals surface area contributed by atoms with Crippen molar-refractivity contribution in [2.24, 2.45) is 0 Å². The molecule has 2 N–H and O–H groups in total. The number of carboxylic acids is 1. The van der Waals surface area contributed by atoms with E-state index in [1.54, 1.807) is 0 Å². The van der Waals surface area contributed by atoms with Crippen LogP contribution >= 0.6 is 0 Å². The maximum atomic E-state index is 9.45. The molecule has 1 unspecified atom stereocenters. The van der Waals surface area contributed by atoms with Crippen LogP contribution in [0.3, 0.4) is 0 Å². The summed E-state index contributed by atoms with van der Waals surface area (Å²) in [5.74, 6) is -1.19.